The Morgan fingerprint density at radius 3 is 2.50 bits per heavy atom. The molecule has 3 aromatic rings. The number of allylic oxidation sites excluding steroid dienone is 1. The van der Waals surface area contributed by atoms with E-state index in [-0.39, 0.29) is 11.7 Å². The van der Waals surface area contributed by atoms with Crippen LogP contribution in [0.4, 0.5) is 0 Å². The highest BCUT2D eigenvalue weighted by molar-refractivity contribution is 6.09. The summed E-state index contributed by atoms with van der Waals surface area (Å²) in [7, 11) is 1.84. The van der Waals surface area contributed by atoms with Crippen LogP contribution in [-0.4, -0.2) is 26.1 Å². The van der Waals surface area contributed by atoms with Crippen molar-refractivity contribution in [3.63, 3.8) is 0 Å². The summed E-state index contributed by atoms with van der Waals surface area (Å²) in [5.41, 5.74) is 14.3. The summed E-state index contributed by atoms with van der Waals surface area (Å²) in [5.74, 6) is 1.50. The van der Waals surface area contributed by atoms with Crippen LogP contribution in [0.2, 0.25) is 0 Å². The van der Waals surface area contributed by atoms with Crippen LogP contribution >= 0.6 is 0 Å². The minimum absolute atomic E-state index is 0.215. The fraction of sp³-hybridized carbons (Fsp3) is 0.273. The lowest BCUT2D eigenvalue weighted by Gasteiger charge is -2.31. The average molecular weight is 406 g/mol. The summed E-state index contributed by atoms with van der Waals surface area (Å²) in [5, 5.41) is 8.47. The Balaban J connectivity index is 1.98. The van der Waals surface area contributed by atoms with Crippen molar-refractivity contribution in [1.82, 2.24) is 19.9 Å². The van der Waals surface area contributed by atoms with Gasteiger partial charge >= 0.3 is 0 Å². The maximum Gasteiger partial charge on any atom is 0.276 e. The van der Waals surface area contributed by atoms with Gasteiger partial charge in [0, 0.05) is 31.2 Å². The minimum Gasteiger partial charge on any atom is -0.404 e. The van der Waals surface area contributed by atoms with Crippen molar-refractivity contribution >= 4 is 11.8 Å². The van der Waals surface area contributed by atoms with Crippen LogP contribution < -0.4 is 11.5 Å². The average Bonchev–Trinajstić information content (AvgIpc) is 3.37. The molecular formula is C22H27N7O. The molecule has 156 valence electrons. The third-order valence-corrected chi connectivity index (χ3v) is 5.45. The van der Waals surface area contributed by atoms with Crippen LogP contribution in [0.15, 0.2) is 64.6 Å². The van der Waals surface area contributed by atoms with E-state index in [2.05, 4.69) is 42.6 Å². The number of hydrogen-bond acceptors (Lipinski definition) is 7. The topological polar surface area (TPSA) is 121 Å². The maximum atomic E-state index is 5.75. The predicted octanol–water partition coefficient (Wildman–Crippen LogP) is 3.23. The molecule has 4 N–H and O–H groups in total. The molecule has 1 atom stereocenters. The Morgan fingerprint density at radius 1 is 1.27 bits per heavy atom. The van der Waals surface area contributed by atoms with Crippen LogP contribution in [0.5, 0.6) is 0 Å². The van der Waals surface area contributed by atoms with E-state index >= 15 is 0 Å². The summed E-state index contributed by atoms with van der Waals surface area (Å²) >= 11 is 0. The predicted molar refractivity (Wildman–Crippen MR) is 118 cm³/mol. The number of rotatable bonds is 7. The Labute approximate surface area is 176 Å². The fourth-order valence-corrected chi connectivity index (χ4v) is 3.22. The first-order chi connectivity index (χ1) is 14.3. The second-order valence-electron chi connectivity index (χ2n) is 7.57. The molecule has 0 radical (unpaired) electrons. The lowest BCUT2D eigenvalue weighted by atomic mass is 9.72. The third-order valence-electron chi connectivity index (χ3n) is 5.45. The number of benzene rings is 1. The minimum atomic E-state index is -0.453. The summed E-state index contributed by atoms with van der Waals surface area (Å²) in [4.78, 5) is 8.71. The van der Waals surface area contributed by atoms with Crippen molar-refractivity contribution in [2.24, 2.45) is 29.4 Å². The van der Waals surface area contributed by atoms with Gasteiger partial charge in [0.1, 0.15) is 11.5 Å². The van der Waals surface area contributed by atoms with Gasteiger partial charge in [0.2, 0.25) is 0 Å². The highest BCUT2D eigenvalue weighted by atomic mass is 16.5. The molecule has 8 nitrogen and oxygen atoms in total. The molecule has 0 saturated heterocycles. The van der Waals surface area contributed by atoms with Gasteiger partial charge < -0.3 is 16.0 Å². The van der Waals surface area contributed by atoms with E-state index in [0.717, 1.165) is 22.4 Å². The van der Waals surface area contributed by atoms with Gasteiger partial charge in [0.15, 0.2) is 5.82 Å². The molecule has 30 heavy (non-hydrogen) atoms. The van der Waals surface area contributed by atoms with Gasteiger partial charge in [-0.25, -0.2) is 4.99 Å². The summed E-state index contributed by atoms with van der Waals surface area (Å²) < 4.78 is 7.26. The van der Waals surface area contributed by atoms with Gasteiger partial charge in [0.25, 0.3) is 5.89 Å². The van der Waals surface area contributed by atoms with Gasteiger partial charge in [-0.2, -0.15) is 10.1 Å². The van der Waals surface area contributed by atoms with Crippen LogP contribution in [0.3, 0.4) is 0 Å². The second kappa shape index (κ2) is 8.36. The van der Waals surface area contributed by atoms with Gasteiger partial charge in [-0.3, -0.25) is 4.68 Å². The largest absolute Gasteiger partial charge is 0.404 e. The SMILES string of the molecule is C=C(N)N=C/C(=C\N)c1ccc([C@](C)(c2noc(-c3ccnn3C)n2)C(C)C)cc1. The van der Waals surface area contributed by atoms with Crippen molar-refractivity contribution in [3.05, 3.63) is 72.1 Å². The van der Waals surface area contributed by atoms with E-state index in [1.807, 2.05) is 37.4 Å². The summed E-state index contributed by atoms with van der Waals surface area (Å²) in [6.07, 6.45) is 4.78. The Morgan fingerprint density at radius 2 is 1.97 bits per heavy atom. The lowest BCUT2D eigenvalue weighted by molar-refractivity contribution is 0.350. The first-order valence-electron chi connectivity index (χ1n) is 9.61. The standard InChI is InChI=1S/C22H27N7O/c1-14(2)22(4,21-27-20(30-28-21)19-10-11-26-29(19)5)18-8-6-16(7-9-18)17(12-23)13-25-15(3)24/h6-14H,3,23-24H2,1-2,4-5H3/b17-12+,25-13?/t22-/m1/s1. The van der Waals surface area contributed by atoms with E-state index in [0.29, 0.717) is 11.7 Å². The smallest absolute Gasteiger partial charge is 0.276 e. The second-order valence-corrected chi connectivity index (χ2v) is 7.57. The molecule has 1 aromatic carbocycles. The zero-order valence-electron chi connectivity index (χ0n) is 17.7. The van der Waals surface area contributed by atoms with E-state index in [1.54, 1.807) is 17.1 Å². The summed E-state index contributed by atoms with van der Waals surface area (Å²) in [6, 6.07) is 9.91. The highest BCUT2D eigenvalue weighted by Crippen LogP contribution is 2.38. The molecule has 0 spiro atoms. The molecule has 0 unspecified atom stereocenters. The van der Waals surface area contributed by atoms with Crippen LogP contribution in [-0.2, 0) is 12.5 Å². The number of aromatic nitrogens is 4. The zero-order chi connectivity index (χ0) is 21.9. The maximum absolute atomic E-state index is 5.75. The van der Waals surface area contributed by atoms with Crippen molar-refractivity contribution in [2.75, 3.05) is 0 Å². The number of nitrogens with two attached hydrogens (primary N) is 2. The first-order valence-corrected chi connectivity index (χ1v) is 9.61. The van der Waals surface area contributed by atoms with Crippen molar-refractivity contribution in [1.29, 1.82) is 0 Å². The van der Waals surface area contributed by atoms with Crippen molar-refractivity contribution in [3.8, 4) is 11.6 Å². The molecule has 3 rings (SSSR count). The lowest BCUT2D eigenvalue weighted by Crippen LogP contribution is -2.31. The molecule has 0 aliphatic carbocycles. The molecule has 2 aromatic heterocycles. The summed E-state index contributed by atoms with van der Waals surface area (Å²) in [6.45, 7) is 9.95. The van der Waals surface area contributed by atoms with Crippen LogP contribution in [0.25, 0.3) is 17.2 Å². The van der Waals surface area contributed by atoms with E-state index < -0.39 is 5.41 Å². The van der Waals surface area contributed by atoms with E-state index in [4.69, 9.17) is 21.0 Å². The Hall–Kier alpha value is -3.68. The van der Waals surface area contributed by atoms with Crippen molar-refractivity contribution < 1.29 is 4.52 Å². The number of aryl methyl sites for hydroxylation is 1. The van der Waals surface area contributed by atoms with Crippen LogP contribution in [0, 0.1) is 5.92 Å². The van der Waals surface area contributed by atoms with Gasteiger partial charge in [-0.05, 0) is 30.0 Å². The number of hydrogen-bond donors (Lipinski definition) is 2. The molecule has 0 fully saturated rings. The normalized spacial score (nSPS) is 14.4. The number of nitrogens with zero attached hydrogens (tertiary/aromatic N) is 5. The number of aliphatic imine (C=N–C) groups is 1. The molecule has 0 aliphatic rings. The molecule has 8 heteroatoms. The molecule has 0 amide bonds. The van der Waals surface area contributed by atoms with Crippen LogP contribution in [0.1, 0.15) is 37.7 Å². The Kier molecular flexibility index (Phi) is 5.86. The quantitative estimate of drug-likeness (QED) is 0.582. The van der Waals surface area contributed by atoms with E-state index in [9.17, 15) is 0 Å². The molecule has 0 bridgehead atoms. The zero-order valence-corrected chi connectivity index (χ0v) is 17.7. The molecule has 2 heterocycles. The van der Waals surface area contributed by atoms with Gasteiger partial charge in [-0.15, -0.1) is 0 Å². The highest BCUT2D eigenvalue weighted by Gasteiger charge is 2.37. The van der Waals surface area contributed by atoms with E-state index in [1.165, 1.54) is 6.20 Å². The molecular weight excluding hydrogens is 378 g/mol. The van der Waals surface area contributed by atoms with Gasteiger partial charge in [0.05, 0.1) is 5.41 Å². The fourth-order valence-electron chi connectivity index (χ4n) is 3.22. The molecule has 0 saturated carbocycles. The van der Waals surface area contributed by atoms with Gasteiger partial charge in [-0.1, -0.05) is 49.8 Å². The third kappa shape index (κ3) is 3.89. The Bertz CT molecular complexity index is 1090. The van der Waals surface area contributed by atoms with Crippen molar-refractivity contribution in [2.45, 2.75) is 26.2 Å². The monoisotopic (exact) mass is 405 g/mol. The first kappa shape index (κ1) is 21.0. The molecule has 0 aliphatic heterocycles.